The Labute approximate surface area is 147 Å². The number of hydrogen-bond acceptors (Lipinski definition) is 10. The largest absolute Gasteiger partial charge is 0.394 e. The van der Waals surface area contributed by atoms with Gasteiger partial charge in [-0.2, -0.15) is 9.97 Å². The standard InChI is InChI=1S/C15H19N7O4/c16-21-15-19-12(18-7-1-2-7)11-13(20-15)22(6-17-11)14-9(4-24)8(3-23)10(5-25)26-14/h3-4,6-10,14,25H,1-2,5,16H2,(H2,18,19,20,21)/t8-,9+,10-,14+/m0/s1. The molecule has 138 valence electrons. The lowest BCUT2D eigenvalue weighted by Gasteiger charge is -2.17. The number of aliphatic hydroxyl groups excluding tert-OH is 1. The Morgan fingerprint density at radius 1 is 1.31 bits per heavy atom. The van der Waals surface area contributed by atoms with Gasteiger partial charge in [0.1, 0.15) is 18.8 Å². The van der Waals surface area contributed by atoms with Crippen LogP contribution < -0.4 is 16.6 Å². The van der Waals surface area contributed by atoms with Gasteiger partial charge in [0, 0.05) is 6.04 Å². The minimum Gasteiger partial charge on any atom is -0.394 e. The fourth-order valence-corrected chi connectivity index (χ4v) is 3.24. The van der Waals surface area contributed by atoms with Gasteiger partial charge in [-0.1, -0.05) is 0 Å². The number of rotatable bonds is 7. The van der Waals surface area contributed by atoms with Gasteiger partial charge in [0.2, 0.25) is 5.95 Å². The maximum Gasteiger partial charge on any atom is 0.241 e. The molecule has 5 N–H and O–H groups in total. The van der Waals surface area contributed by atoms with E-state index < -0.39 is 24.2 Å². The van der Waals surface area contributed by atoms with Crippen molar-refractivity contribution >= 4 is 35.5 Å². The number of nitrogen functional groups attached to an aromatic ring is 1. The summed E-state index contributed by atoms with van der Waals surface area (Å²) in [5, 5.41) is 12.7. The summed E-state index contributed by atoms with van der Waals surface area (Å²) in [7, 11) is 0. The summed E-state index contributed by atoms with van der Waals surface area (Å²) < 4.78 is 7.33. The van der Waals surface area contributed by atoms with Crippen molar-refractivity contribution < 1.29 is 19.4 Å². The van der Waals surface area contributed by atoms with E-state index in [1.54, 1.807) is 4.57 Å². The van der Waals surface area contributed by atoms with Gasteiger partial charge in [0.05, 0.1) is 30.9 Å². The molecule has 1 aliphatic carbocycles. The third kappa shape index (κ3) is 2.69. The fraction of sp³-hybridized carbons (Fsp3) is 0.533. The second kappa shape index (κ2) is 6.59. The molecule has 4 rings (SSSR count). The first-order chi connectivity index (χ1) is 12.7. The first-order valence-corrected chi connectivity index (χ1v) is 8.34. The van der Waals surface area contributed by atoms with Gasteiger partial charge in [-0.05, 0) is 12.8 Å². The average molecular weight is 361 g/mol. The van der Waals surface area contributed by atoms with Gasteiger partial charge in [0.15, 0.2) is 17.0 Å². The number of nitrogens with one attached hydrogen (secondary N) is 2. The summed E-state index contributed by atoms with van der Waals surface area (Å²) in [5.74, 6) is 4.70. The third-order valence-electron chi connectivity index (χ3n) is 4.75. The Hall–Kier alpha value is -2.63. The van der Waals surface area contributed by atoms with E-state index in [9.17, 15) is 14.7 Å². The number of aromatic nitrogens is 4. The summed E-state index contributed by atoms with van der Waals surface area (Å²) in [6.45, 7) is -0.365. The number of nitrogens with two attached hydrogens (primary N) is 1. The van der Waals surface area contributed by atoms with Crippen molar-refractivity contribution in [3.8, 4) is 0 Å². The second-order valence-corrected chi connectivity index (χ2v) is 6.46. The molecular weight excluding hydrogens is 342 g/mol. The van der Waals surface area contributed by atoms with Crippen LogP contribution in [0.4, 0.5) is 11.8 Å². The summed E-state index contributed by atoms with van der Waals surface area (Å²) in [4.78, 5) is 35.9. The van der Waals surface area contributed by atoms with Crippen LogP contribution in [0, 0.1) is 11.8 Å². The minimum atomic E-state index is -0.806. The third-order valence-corrected chi connectivity index (χ3v) is 4.75. The highest BCUT2D eigenvalue weighted by Crippen LogP contribution is 2.39. The molecule has 2 aromatic heterocycles. The molecule has 3 heterocycles. The molecule has 0 unspecified atom stereocenters. The minimum absolute atomic E-state index is 0.189. The molecular formula is C15H19N7O4. The average Bonchev–Trinajstić information content (AvgIpc) is 3.26. The number of hydrazine groups is 1. The molecule has 11 heteroatoms. The first kappa shape index (κ1) is 16.8. The van der Waals surface area contributed by atoms with Crippen LogP contribution in [0.2, 0.25) is 0 Å². The number of imidazole rings is 1. The lowest BCUT2D eigenvalue weighted by atomic mass is 9.92. The number of hydrogen-bond donors (Lipinski definition) is 4. The molecule has 4 atom stereocenters. The highest BCUT2D eigenvalue weighted by Gasteiger charge is 2.45. The van der Waals surface area contributed by atoms with Gasteiger partial charge in [-0.25, -0.2) is 10.8 Å². The first-order valence-electron chi connectivity index (χ1n) is 8.34. The maximum absolute atomic E-state index is 11.6. The number of ether oxygens (including phenoxy) is 1. The molecule has 26 heavy (non-hydrogen) atoms. The zero-order valence-corrected chi connectivity index (χ0v) is 13.8. The van der Waals surface area contributed by atoms with E-state index >= 15 is 0 Å². The van der Waals surface area contributed by atoms with Crippen molar-refractivity contribution in [2.75, 3.05) is 17.3 Å². The summed E-state index contributed by atoms with van der Waals surface area (Å²) in [6, 6.07) is 0.340. The van der Waals surface area contributed by atoms with Crippen LogP contribution in [0.25, 0.3) is 11.2 Å². The Morgan fingerprint density at radius 3 is 2.69 bits per heavy atom. The molecule has 0 aromatic carbocycles. The molecule has 2 aliphatic rings. The van der Waals surface area contributed by atoms with Gasteiger partial charge >= 0.3 is 0 Å². The monoisotopic (exact) mass is 361 g/mol. The van der Waals surface area contributed by atoms with Crippen LogP contribution in [-0.2, 0) is 14.3 Å². The molecule has 11 nitrogen and oxygen atoms in total. The van der Waals surface area contributed by atoms with Crippen LogP contribution in [0.3, 0.4) is 0 Å². The number of aldehydes is 2. The molecule has 0 radical (unpaired) electrons. The number of carbonyl (C=O) groups is 2. The van der Waals surface area contributed by atoms with Gasteiger partial charge in [-0.3, -0.25) is 9.99 Å². The van der Waals surface area contributed by atoms with E-state index in [1.165, 1.54) is 6.33 Å². The maximum atomic E-state index is 11.6. The Morgan fingerprint density at radius 2 is 2.08 bits per heavy atom. The summed E-state index contributed by atoms with van der Waals surface area (Å²) in [6.07, 6.45) is 3.33. The van der Waals surface area contributed by atoms with Crippen molar-refractivity contribution in [3.63, 3.8) is 0 Å². The van der Waals surface area contributed by atoms with Crippen LogP contribution >= 0.6 is 0 Å². The van der Waals surface area contributed by atoms with E-state index in [4.69, 9.17) is 10.6 Å². The lowest BCUT2D eigenvalue weighted by molar-refractivity contribution is -0.119. The number of aliphatic hydroxyl groups is 1. The van der Waals surface area contributed by atoms with Gasteiger partial charge in [-0.15, -0.1) is 0 Å². The van der Waals surface area contributed by atoms with E-state index in [0.717, 1.165) is 12.8 Å². The number of anilines is 2. The SMILES string of the molecule is NNc1nc(NC2CC2)c2ncn([C@@H]3O[C@@H](CO)[C@@H](C=O)[C@H]3C=O)c2n1. The fourth-order valence-electron chi connectivity index (χ4n) is 3.24. The Kier molecular flexibility index (Phi) is 4.26. The molecule has 1 saturated heterocycles. The molecule has 2 fully saturated rings. The lowest BCUT2D eigenvalue weighted by Crippen LogP contribution is -2.26. The predicted octanol–water partition coefficient (Wildman–Crippen LogP) is -0.794. The van der Waals surface area contributed by atoms with Crippen LogP contribution in [-0.4, -0.2) is 56.0 Å². The van der Waals surface area contributed by atoms with Crippen molar-refractivity contribution in [1.29, 1.82) is 0 Å². The van der Waals surface area contributed by atoms with E-state index in [2.05, 4.69) is 25.7 Å². The quantitative estimate of drug-likeness (QED) is 0.280. The normalized spacial score (nSPS) is 28.2. The van der Waals surface area contributed by atoms with Crippen LogP contribution in [0.5, 0.6) is 0 Å². The van der Waals surface area contributed by atoms with Crippen molar-refractivity contribution in [3.05, 3.63) is 6.33 Å². The number of carbonyl (C=O) groups excluding carboxylic acids is 2. The van der Waals surface area contributed by atoms with E-state index in [-0.39, 0.29) is 12.6 Å². The molecule has 0 bridgehead atoms. The van der Waals surface area contributed by atoms with Crippen LogP contribution in [0.1, 0.15) is 19.1 Å². The molecule has 1 saturated carbocycles. The van der Waals surface area contributed by atoms with Crippen molar-refractivity contribution in [2.45, 2.75) is 31.2 Å². The van der Waals surface area contributed by atoms with E-state index in [0.29, 0.717) is 35.6 Å². The summed E-state index contributed by atoms with van der Waals surface area (Å²) >= 11 is 0. The predicted molar refractivity (Wildman–Crippen MR) is 89.9 cm³/mol. The smallest absolute Gasteiger partial charge is 0.241 e. The van der Waals surface area contributed by atoms with Gasteiger partial charge < -0.3 is 24.7 Å². The zero-order chi connectivity index (χ0) is 18.3. The zero-order valence-electron chi connectivity index (χ0n) is 13.8. The Bertz CT molecular complexity index is 837. The van der Waals surface area contributed by atoms with Crippen molar-refractivity contribution in [2.24, 2.45) is 17.7 Å². The Balaban J connectivity index is 1.78. The number of nitrogens with zero attached hydrogens (tertiary/aromatic N) is 4. The van der Waals surface area contributed by atoms with Gasteiger partial charge in [0.25, 0.3) is 0 Å². The molecule has 0 amide bonds. The highest BCUT2D eigenvalue weighted by molar-refractivity contribution is 5.84. The second-order valence-electron chi connectivity index (χ2n) is 6.46. The number of fused-ring (bicyclic) bond motifs is 1. The summed E-state index contributed by atoms with van der Waals surface area (Å²) in [5.41, 5.74) is 3.34. The molecule has 0 spiro atoms. The van der Waals surface area contributed by atoms with Crippen LogP contribution in [0.15, 0.2) is 6.33 Å². The molecule has 1 aliphatic heterocycles. The topological polar surface area (TPSA) is 157 Å². The molecule has 2 aromatic rings. The van der Waals surface area contributed by atoms with E-state index in [1.807, 2.05) is 0 Å². The van der Waals surface area contributed by atoms with Crippen molar-refractivity contribution in [1.82, 2.24) is 19.5 Å². The highest BCUT2D eigenvalue weighted by atomic mass is 16.5.